The summed E-state index contributed by atoms with van der Waals surface area (Å²) in [5.74, 6) is 0. The summed E-state index contributed by atoms with van der Waals surface area (Å²) >= 11 is 1.67. The molecule has 0 bridgehead atoms. The molecule has 0 fully saturated rings. The van der Waals surface area contributed by atoms with Gasteiger partial charge in [0.1, 0.15) is 0 Å². The highest BCUT2D eigenvalue weighted by molar-refractivity contribution is 7.07. The number of nitrogens with zero attached hydrogens (tertiary/aromatic N) is 2. The Bertz CT molecular complexity index is 1100. The summed E-state index contributed by atoms with van der Waals surface area (Å²) in [4.78, 5) is 5.86. The fraction of sp³-hybridized carbons (Fsp3) is 0.0870. The van der Waals surface area contributed by atoms with Gasteiger partial charge in [-0.1, -0.05) is 60.2 Å². The van der Waals surface area contributed by atoms with Crippen molar-refractivity contribution in [3.05, 3.63) is 100 Å². The molecule has 4 rings (SSSR count). The molecule has 0 saturated heterocycles. The Morgan fingerprint density at radius 1 is 0.815 bits per heavy atom. The number of hydrogen-bond donors (Lipinski definition) is 0. The number of para-hydroxylation sites is 2. The zero-order valence-electron chi connectivity index (χ0n) is 15.3. The van der Waals surface area contributed by atoms with Crippen LogP contribution in [-0.4, -0.2) is 4.57 Å². The molecule has 0 aliphatic carbocycles. The van der Waals surface area contributed by atoms with E-state index < -0.39 is 0 Å². The Morgan fingerprint density at radius 2 is 1.48 bits per heavy atom. The number of hydrogen-bond acceptors (Lipinski definition) is 2. The van der Waals surface area contributed by atoms with Gasteiger partial charge in [-0.05, 0) is 43.7 Å². The van der Waals surface area contributed by atoms with Crippen LogP contribution in [0.3, 0.4) is 0 Å². The highest BCUT2D eigenvalue weighted by atomic mass is 79.9. The van der Waals surface area contributed by atoms with E-state index in [1.807, 2.05) is 36.4 Å². The molecule has 3 aromatic carbocycles. The first-order valence-electron chi connectivity index (χ1n) is 8.66. The molecule has 0 aliphatic heterocycles. The van der Waals surface area contributed by atoms with Gasteiger partial charge in [0.05, 0.1) is 11.4 Å². The van der Waals surface area contributed by atoms with Gasteiger partial charge < -0.3 is 17.0 Å². The summed E-state index contributed by atoms with van der Waals surface area (Å²) in [5.41, 5.74) is 7.06. The third-order valence-corrected chi connectivity index (χ3v) is 5.19. The van der Waals surface area contributed by atoms with Crippen LogP contribution in [-0.2, 0) is 0 Å². The molecule has 136 valence electrons. The summed E-state index contributed by atoms with van der Waals surface area (Å²) in [6.07, 6.45) is 0. The number of benzene rings is 3. The first-order chi connectivity index (χ1) is 12.7. The van der Waals surface area contributed by atoms with Gasteiger partial charge in [-0.3, -0.25) is 4.57 Å². The lowest BCUT2D eigenvalue weighted by Gasteiger charge is -2.12. The zero-order chi connectivity index (χ0) is 17.9. The minimum absolute atomic E-state index is 0. The maximum atomic E-state index is 4.89. The molecule has 0 amide bonds. The molecule has 0 atom stereocenters. The quantitative estimate of drug-likeness (QED) is 0.470. The van der Waals surface area contributed by atoms with Gasteiger partial charge in [-0.25, -0.2) is 4.99 Å². The maximum absolute atomic E-state index is 4.89. The second kappa shape index (κ2) is 8.51. The first kappa shape index (κ1) is 19.3. The SMILES string of the molecule is Cc1ccc(-c2csc(=Nc3ccccc3)n2-c2ccccc2)c(C)c1.[Br-]. The van der Waals surface area contributed by atoms with Gasteiger partial charge in [0.15, 0.2) is 4.80 Å². The van der Waals surface area contributed by atoms with E-state index in [-0.39, 0.29) is 17.0 Å². The number of aryl methyl sites for hydroxylation is 2. The van der Waals surface area contributed by atoms with E-state index in [0.717, 1.165) is 16.2 Å². The van der Waals surface area contributed by atoms with E-state index in [4.69, 9.17) is 4.99 Å². The molecule has 27 heavy (non-hydrogen) atoms. The third kappa shape index (κ3) is 4.12. The van der Waals surface area contributed by atoms with Gasteiger partial charge in [0, 0.05) is 16.6 Å². The van der Waals surface area contributed by atoms with E-state index in [1.165, 1.54) is 22.4 Å². The lowest BCUT2D eigenvalue weighted by atomic mass is 10.0. The van der Waals surface area contributed by atoms with Crippen LogP contribution in [0.15, 0.2) is 89.2 Å². The Labute approximate surface area is 174 Å². The molecule has 4 aromatic rings. The van der Waals surface area contributed by atoms with E-state index in [9.17, 15) is 0 Å². The lowest BCUT2D eigenvalue weighted by Crippen LogP contribution is -3.00. The third-order valence-electron chi connectivity index (χ3n) is 4.36. The average molecular weight is 436 g/mol. The monoisotopic (exact) mass is 435 g/mol. The average Bonchev–Trinajstić information content (AvgIpc) is 3.06. The molecular weight excluding hydrogens is 416 g/mol. The van der Waals surface area contributed by atoms with Crippen molar-refractivity contribution < 1.29 is 17.0 Å². The first-order valence-corrected chi connectivity index (χ1v) is 9.54. The van der Waals surface area contributed by atoms with Crippen LogP contribution in [0, 0.1) is 13.8 Å². The summed E-state index contributed by atoms with van der Waals surface area (Å²) in [5, 5.41) is 2.20. The molecule has 1 aromatic heterocycles. The molecule has 0 unspecified atom stereocenters. The number of thiazole rings is 1. The van der Waals surface area contributed by atoms with Crippen molar-refractivity contribution in [1.82, 2.24) is 4.57 Å². The van der Waals surface area contributed by atoms with Crippen molar-refractivity contribution in [2.75, 3.05) is 0 Å². The second-order valence-electron chi connectivity index (χ2n) is 6.34. The van der Waals surface area contributed by atoms with Gasteiger partial charge >= 0.3 is 0 Å². The van der Waals surface area contributed by atoms with E-state index in [2.05, 4.69) is 66.3 Å². The van der Waals surface area contributed by atoms with Crippen LogP contribution >= 0.6 is 11.3 Å². The van der Waals surface area contributed by atoms with Gasteiger partial charge in [0.25, 0.3) is 0 Å². The summed E-state index contributed by atoms with van der Waals surface area (Å²) in [6, 6.07) is 27.2. The Morgan fingerprint density at radius 3 is 2.15 bits per heavy atom. The van der Waals surface area contributed by atoms with Gasteiger partial charge in [-0.15, -0.1) is 11.3 Å². The smallest absolute Gasteiger partial charge is 0.195 e. The molecule has 0 spiro atoms. The predicted molar refractivity (Wildman–Crippen MR) is 110 cm³/mol. The molecule has 4 heteroatoms. The Kier molecular flexibility index (Phi) is 6.09. The van der Waals surface area contributed by atoms with Gasteiger partial charge in [0.2, 0.25) is 0 Å². The Hall–Kier alpha value is -2.43. The minimum Gasteiger partial charge on any atom is -1.00 e. The molecule has 0 saturated carbocycles. The molecular formula is C23H20BrN2S-. The van der Waals surface area contributed by atoms with Crippen molar-refractivity contribution in [3.8, 4) is 16.9 Å². The minimum atomic E-state index is 0. The summed E-state index contributed by atoms with van der Waals surface area (Å²) < 4.78 is 2.25. The topological polar surface area (TPSA) is 17.3 Å². The van der Waals surface area contributed by atoms with Crippen LogP contribution in [0.2, 0.25) is 0 Å². The van der Waals surface area contributed by atoms with Crippen molar-refractivity contribution in [2.24, 2.45) is 4.99 Å². The summed E-state index contributed by atoms with van der Waals surface area (Å²) in [6.45, 7) is 4.30. The van der Waals surface area contributed by atoms with Crippen LogP contribution in [0.25, 0.3) is 16.9 Å². The standard InChI is InChI=1S/C23H20N2S.BrH/c1-17-13-14-21(18(2)15-17)22-16-26-23(24-19-9-5-3-6-10-19)25(22)20-11-7-4-8-12-20;/h3-16H,1-2H3;1H/p-1. The maximum Gasteiger partial charge on any atom is 0.195 e. The summed E-state index contributed by atoms with van der Waals surface area (Å²) in [7, 11) is 0. The van der Waals surface area contributed by atoms with Crippen molar-refractivity contribution in [2.45, 2.75) is 13.8 Å². The molecule has 0 N–H and O–H groups in total. The zero-order valence-corrected chi connectivity index (χ0v) is 17.7. The molecule has 0 radical (unpaired) electrons. The normalized spacial score (nSPS) is 11.3. The molecule has 1 heterocycles. The van der Waals surface area contributed by atoms with Gasteiger partial charge in [-0.2, -0.15) is 0 Å². The lowest BCUT2D eigenvalue weighted by molar-refractivity contribution is -0.00000525. The largest absolute Gasteiger partial charge is 1.00 e. The second-order valence-corrected chi connectivity index (χ2v) is 7.18. The van der Waals surface area contributed by atoms with Crippen LogP contribution in [0.4, 0.5) is 5.69 Å². The number of aromatic nitrogens is 1. The van der Waals surface area contributed by atoms with E-state index >= 15 is 0 Å². The van der Waals surface area contributed by atoms with Crippen LogP contribution in [0.1, 0.15) is 11.1 Å². The number of rotatable bonds is 3. The number of halogens is 1. The Balaban J connectivity index is 0.00000210. The van der Waals surface area contributed by atoms with Crippen LogP contribution in [0.5, 0.6) is 0 Å². The molecule has 2 nitrogen and oxygen atoms in total. The molecule has 0 aliphatic rings. The fourth-order valence-electron chi connectivity index (χ4n) is 3.12. The van der Waals surface area contributed by atoms with Crippen molar-refractivity contribution in [1.29, 1.82) is 0 Å². The highest BCUT2D eigenvalue weighted by Gasteiger charge is 2.12. The van der Waals surface area contributed by atoms with Crippen LogP contribution < -0.4 is 21.8 Å². The highest BCUT2D eigenvalue weighted by Crippen LogP contribution is 2.27. The predicted octanol–water partition coefficient (Wildman–Crippen LogP) is 3.06. The van der Waals surface area contributed by atoms with Crippen molar-refractivity contribution in [3.63, 3.8) is 0 Å². The van der Waals surface area contributed by atoms with E-state index in [0.29, 0.717) is 0 Å². The van der Waals surface area contributed by atoms with E-state index in [1.54, 1.807) is 11.3 Å². The van der Waals surface area contributed by atoms with Crippen molar-refractivity contribution >= 4 is 17.0 Å². The fourth-order valence-corrected chi connectivity index (χ4v) is 4.03.